The van der Waals surface area contributed by atoms with Crippen LogP contribution in [-0.2, 0) is 14.3 Å². The fourth-order valence-corrected chi connectivity index (χ4v) is 1.62. The van der Waals surface area contributed by atoms with Crippen LogP contribution in [0.15, 0.2) is 18.3 Å². The van der Waals surface area contributed by atoms with E-state index in [9.17, 15) is 23.5 Å². The number of esters is 1. The summed E-state index contributed by atoms with van der Waals surface area (Å²) in [5, 5.41) is 9.78. The highest BCUT2D eigenvalue weighted by molar-refractivity contribution is 5.79. The minimum absolute atomic E-state index is 0.256. The van der Waals surface area contributed by atoms with E-state index in [1.807, 2.05) is 0 Å². The molecule has 0 aliphatic heterocycles. The molecule has 6 nitrogen and oxygen atoms in total. The molecular weight excluding hydrogens is 300 g/mol. The van der Waals surface area contributed by atoms with Crippen LogP contribution in [0.3, 0.4) is 0 Å². The summed E-state index contributed by atoms with van der Waals surface area (Å²) in [7, 11) is 0. The molecule has 1 heterocycles. The lowest BCUT2D eigenvalue weighted by atomic mass is 10.1. The van der Waals surface area contributed by atoms with Crippen molar-refractivity contribution < 1.29 is 33.0 Å². The zero-order chi connectivity index (χ0) is 17.1. The van der Waals surface area contributed by atoms with Crippen molar-refractivity contribution in [2.45, 2.75) is 45.3 Å². The Morgan fingerprint density at radius 2 is 1.95 bits per heavy atom. The van der Waals surface area contributed by atoms with Crippen LogP contribution in [0, 0.1) is 0 Å². The van der Waals surface area contributed by atoms with Gasteiger partial charge in [-0.3, -0.25) is 4.57 Å². The Labute approximate surface area is 126 Å². The van der Waals surface area contributed by atoms with Gasteiger partial charge in [0.05, 0.1) is 12.3 Å². The Kier molecular flexibility index (Phi) is 5.29. The van der Waals surface area contributed by atoms with Gasteiger partial charge in [-0.2, -0.15) is 8.78 Å². The molecule has 1 rings (SSSR count). The number of carbonyl (C=O) groups excluding carboxylic acids is 2. The van der Waals surface area contributed by atoms with Crippen molar-refractivity contribution in [3.8, 4) is 0 Å². The van der Waals surface area contributed by atoms with Crippen molar-refractivity contribution in [3.63, 3.8) is 0 Å². The van der Waals surface area contributed by atoms with Crippen molar-refractivity contribution in [2.75, 3.05) is 6.61 Å². The largest absolute Gasteiger partial charge is 0.461 e. The van der Waals surface area contributed by atoms with E-state index in [2.05, 4.69) is 4.74 Å². The molecule has 1 unspecified atom stereocenters. The van der Waals surface area contributed by atoms with Gasteiger partial charge in [0, 0.05) is 6.20 Å². The molecule has 124 valence electrons. The third-order valence-electron chi connectivity index (χ3n) is 2.54. The Bertz CT molecular complexity index is 548. The lowest BCUT2D eigenvalue weighted by Crippen LogP contribution is -2.39. The Hall–Kier alpha value is -1.96. The number of rotatable bonds is 4. The lowest BCUT2D eigenvalue weighted by molar-refractivity contribution is -0.189. The second-order valence-corrected chi connectivity index (χ2v) is 5.53. The minimum Gasteiger partial charge on any atom is -0.461 e. The monoisotopic (exact) mass is 319 g/mol. The standard InChI is InChI=1S/C14H19F2NO5/c1-5-21-11(19)14(15,16)10(18)9-7-6-8-17(9)12(20)22-13(2,3)4/h6-8,10,18H,5H2,1-4H3. The third kappa shape index (κ3) is 4.03. The molecular formula is C14H19F2NO5. The highest BCUT2D eigenvalue weighted by Gasteiger charge is 2.50. The van der Waals surface area contributed by atoms with Gasteiger partial charge in [0.2, 0.25) is 0 Å². The van der Waals surface area contributed by atoms with Gasteiger partial charge in [-0.25, -0.2) is 9.59 Å². The molecule has 0 bridgehead atoms. The summed E-state index contributed by atoms with van der Waals surface area (Å²) in [5.74, 6) is -6.05. The predicted molar refractivity (Wildman–Crippen MR) is 72.6 cm³/mol. The van der Waals surface area contributed by atoms with E-state index in [0.29, 0.717) is 0 Å². The molecule has 0 radical (unpaired) electrons. The third-order valence-corrected chi connectivity index (χ3v) is 2.54. The highest BCUT2D eigenvalue weighted by Crippen LogP contribution is 2.33. The van der Waals surface area contributed by atoms with E-state index >= 15 is 0 Å². The number of carbonyl (C=O) groups is 2. The summed E-state index contributed by atoms with van der Waals surface area (Å²) in [6.45, 7) is 5.94. The maximum absolute atomic E-state index is 13.9. The Morgan fingerprint density at radius 1 is 1.36 bits per heavy atom. The van der Waals surface area contributed by atoms with Crippen LogP contribution in [0.2, 0.25) is 0 Å². The maximum Gasteiger partial charge on any atom is 0.418 e. The topological polar surface area (TPSA) is 77.8 Å². The van der Waals surface area contributed by atoms with Gasteiger partial charge in [0.1, 0.15) is 5.60 Å². The predicted octanol–water partition coefficient (Wildman–Crippen LogP) is 2.50. The number of aliphatic hydroxyl groups is 1. The summed E-state index contributed by atoms with van der Waals surface area (Å²) < 4.78 is 37.7. The van der Waals surface area contributed by atoms with Gasteiger partial charge in [-0.15, -0.1) is 0 Å². The fourth-order valence-electron chi connectivity index (χ4n) is 1.62. The molecule has 1 aromatic heterocycles. The molecule has 22 heavy (non-hydrogen) atoms. The minimum atomic E-state index is -4.19. The van der Waals surface area contributed by atoms with Crippen molar-refractivity contribution in [2.24, 2.45) is 0 Å². The van der Waals surface area contributed by atoms with Gasteiger partial charge in [-0.05, 0) is 39.8 Å². The van der Waals surface area contributed by atoms with E-state index in [4.69, 9.17) is 4.74 Å². The summed E-state index contributed by atoms with van der Waals surface area (Å²) in [6, 6.07) is 2.38. The number of aliphatic hydroxyl groups excluding tert-OH is 1. The van der Waals surface area contributed by atoms with Crippen LogP contribution in [0.25, 0.3) is 0 Å². The van der Waals surface area contributed by atoms with Crippen LogP contribution in [-0.4, -0.2) is 39.9 Å². The number of aromatic nitrogens is 1. The molecule has 0 amide bonds. The molecule has 0 aliphatic carbocycles. The molecule has 0 aliphatic rings. The average Bonchev–Trinajstić information content (AvgIpc) is 2.85. The summed E-state index contributed by atoms with van der Waals surface area (Å²) >= 11 is 0. The molecule has 1 aromatic rings. The van der Waals surface area contributed by atoms with Crippen LogP contribution in [0.4, 0.5) is 13.6 Å². The van der Waals surface area contributed by atoms with E-state index < -0.39 is 35.4 Å². The summed E-state index contributed by atoms with van der Waals surface area (Å²) in [4.78, 5) is 23.2. The first-order valence-corrected chi connectivity index (χ1v) is 6.64. The van der Waals surface area contributed by atoms with Gasteiger partial charge in [0.25, 0.3) is 0 Å². The van der Waals surface area contributed by atoms with Crippen LogP contribution < -0.4 is 0 Å². The molecule has 1 N–H and O–H groups in total. The zero-order valence-electron chi connectivity index (χ0n) is 12.8. The van der Waals surface area contributed by atoms with Crippen molar-refractivity contribution in [1.29, 1.82) is 0 Å². The molecule has 0 fully saturated rings. The summed E-state index contributed by atoms with van der Waals surface area (Å²) in [5.41, 5.74) is -1.31. The van der Waals surface area contributed by atoms with Gasteiger partial charge < -0.3 is 14.6 Å². The van der Waals surface area contributed by atoms with E-state index in [1.165, 1.54) is 13.0 Å². The maximum atomic E-state index is 13.9. The van der Waals surface area contributed by atoms with E-state index in [1.54, 1.807) is 20.8 Å². The molecule has 8 heteroatoms. The number of ether oxygens (including phenoxy) is 2. The molecule has 0 spiro atoms. The number of nitrogens with zero attached hydrogens (tertiary/aromatic N) is 1. The summed E-state index contributed by atoms with van der Waals surface area (Å²) in [6.07, 6.45) is -2.31. The van der Waals surface area contributed by atoms with Gasteiger partial charge >= 0.3 is 18.0 Å². The number of hydrogen-bond donors (Lipinski definition) is 1. The van der Waals surface area contributed by atoms with Crippen LogP contribution in [0.5, 0.6) is 0 Å². The van der Waals surface area contributed by atoms with Crippen LogP contribution >= 0.6 is 0 Å². The fraction of sp³-hybridized carbons (Fsp3) is 0.571. The second kappa shape index (κ2) is 6.43. The number of hydrogen-bond acceptors (Lipinski definition) is 5. The molecule has 0 aromatic carbocycles. The zero-order valence-corrected chi connectivity index (χ0v) is 12.8. The van der Waals surface area contributed by atoms with Gasteiger partial charge in [0.15, 0.2) is 6.10 Å². The quantitative estimate of drug-likeness (QED) is 0.863. The van der Waals surface area contributed by atoms with Crippen molar-refractivity contribution in [1.82, 2.24) is 4.57 Å². The first kappa shape index (κ1) is 18.1. The van der Waals surface area contributed by atoms with Crippen molar-refractivity contribution in [3.05, 3.63) is 24.0 Å². The normalized spacial score (nSPS) is 13.6. The molecule has 1 atom stereocenters. The second-order valence-electron chi connectivity index (χ2n) is 5.53. The van der Waals surface area contributed by atoms with Gasteiger partial charge in [-0.1, -0.05) is 0 Å². The molecule has 0 saturated heterocycles. The number of alkyl halides is 2. The smallest absolute Gasteiger partial charge is 0.418 e. The Morgan fingerprint density at radius 3 is 2.45 bits per heavy atom. The number of halogens is 2. The molecule has 0 saturated carbocycles. The first-order valence-electron chi connectivity index (χ1n) is 6.64. The van der Waals surface area contributed by atoms with Crippen LogP contribution in [0.1, 0.15) is 39.5 Å². The SMILES string of the molecule is CCOC(=O)C(F)(F)C(O)c1cccn1C(=O)OC(C)(C)C. The first-order chi connectivity index (χ1) is 10.0. The van der Waals surface area contributed by atoms with E-state index in [0.717, 1.165) is 16.8 Å². The van der Waals surface area contributed by atoms with E-state index in [-0.39, 0.29) is 6.61 Å². The highest BCUT2D eigenvalue weighted by atomic mass is 19.3. The average molecular weight is 319 g/mol. The van der Waals surface area contributed by atoms with Crippen molar-refractivity contribution >= 4 is 12.1 Å². The lowest BCUT2D eigenvalue weighted by Gasteiger charge is -2.24. The Balaban J connectivity index is 3.06.